The molecule has 2 rings (SSSR count). The first-order valence-electron chi connectivity index (χ1n) is 5.27. The van der Waals surface area contributed by atoms with Crippen molar-refractivity contribution in [2.24, 2.45) is 0 Å². The maximum atomic E-state index is 11.4. The highest BCUT2D eigenvalue weighted by Crippen LogP contribution is 2.27. The molecule has 1 aliphatic heterocycles. The van der Waals surface area contributed by atoms with Gasteiger partial charge in [0.05, 0.1) is 0 Å². The molecule has 0 unspecified atom stereocenters. The Morgan fingerprint density at radius 3 is 2.73 bits per heavy atom. The summed E-state index contributed by atoms with van der Waals surface area (Å²) in [7, 11) is 0. The number of hydrogen-bond donors (Lipinski definition) is 0. The number of rotatable bonds is 1. The van der Waals surface area contributed by atoms with E-state index in [1.165, 1.54) is 5.56 Å². The van der Waals surface area contributed by atoms with Crippen LogP contribution in [0.15, 0.2) is 24.3 Å². The maximum absolute atomic E-state index is 11.4. The van der Waals surface area contributed by atoms with Gasteiger partial charge in [0.2, 0.25) is 5.91 Å². The lowest BCUT2D eigenvalue weighted by molar-refractivity contribution is -0.116. The summed E-state index contributed by atoms with van der Waals surface area (Å²) in [6.45, 7) is 4.77. The van der Waals surface area contributed by atoms with Gasteiger partial charge in [0.1, 0.15) is 5.88 Å². The number of carbonyl (C=O) groups excluding carboxylic acids is 1. The summed E-state index contributed by atoms with van der Waals surface area (Å²) in [5.41, 5.74) is 2.26. The molecule has 2 nitrogen and oxygen atoms in total. The Morgan fingerprint density at radius 2 is 2.07 bits per heavy atom. The van der Waals surface area contributed by atoms with E-state index in [1.54, 1.807) is 4.90 Å². The number of benzene rings is 1. The largest absolute Gasteiger partial charge is 0.311 e. The quantitative estimate of drug-likeness (QED) is 0.673. The van der Waals surface area contributed by atoms with Crippen LogP contribution < -0.4 is 4.90 Å². The summed E-state index contributed by atoms with van der Waals surface area (Å²) >= 11 is 5.51. The van der Waals surface area contributed by atoms with Crippen molar-refractivity contribution in [3.05, 3.63) is 29.8 Å². The van der Waals surface area contributed by atoms with Gasteiger partial charge >= 0.3 is 0 Å². The van der Waals surface area contributed by atoms with Gasteiger partial charge in [0.25, 0.3) is 0 Å². The molecular formula is C12H16ClNO. The molecule has 0 aliphatic carbocycles. The van der Waals surface area contributed by atoms with Crippen molar-refractivity contribution in [3.8, 4) is 0 Å². The molecule has 0 N–H and O–H groups in total. The average molecular weight is 226 g/mol. The van der Waals surface area contributed by atoms with E-state index in [0.29, 0.717) is 0 Å². The first-order valence-corrected chi connectivity index (χ1v) is 5.80. The minimum Gasteiger partial charge on any atom is -0.311 e. The smallest absolute Gasteiger partial charge is 0.241 e. The second-order valence-corrected chi connectivity index (χ2v) is 3.32. The standard InChI is InChI=1S/C10H10ClNO.C2H6/c11-7-10(13)12-6-5-8-3-1-2-4-9(8)12;1-2/h1-4H,5-7H2;1-2H3. The SMILES string of the molecule is CC.O=C(CCl)N1CCc2ccccc21. The number of para-hydroxylation sites is 1. The van der Waals surface area contributed by atoms with Crippen LogP contribution in [0.2, 0.25) is 0 Å². The molecular weight excluding hydrogens is 210 g/mol. The molecule has 3 heteroatoms. The Balaban J connectivity index is 0.000000531. The van der Waals surface area contributed by atoms with Crippen molar-refractivity contribution in [1.29, 1.82) is 0 Å². The number of nitrogens with zero attached hydrogens (tertiary/aromatic N) is 1. The third-order valence-electron chi connectivity index (χ3n) is 2.30. The van der Waals surface area contributed by atoms with E-state index < -0.39 is 0 Å². The molecule has 0 saturated carbocycles. The van der Waals surface area contributed by atoms with Gasteiger partial charge in [-0.15, -0.1) is 11.6 Å². The van der Waals surface area contributed by atoms with Gasteiger partial charge in [0, 0.05) is 12.2 Å². The minimum absolute atomic E-state index is 0.00776. The Bertz CT molecular complexity index is 338. The Hall–Kier alpha value is -1.02. The summed E-state index contributed by atoms with van der Waals surface area (Å²) in [6, 6.07) is 7.95. The Morgan fingerprint density at radius 1 is 1.40 bits per heavy atom. The molecule has 1 aliphatic rings. The Kier molecular flexibility index (Phi) is 4.63. The van der Waals surface area contributed by atoms with E-state index in [9.17, 15) is 4.79 Å². The van der Waals surface area contributed by atoms with Gasteiger partial charge in [-0.25, -0.2) is 0 Å². The topological polar surface area (TPSA) is 20.3 Å². The lowest BCUT2D eigenvalue weighted by atomic mass is 10.2. The molecule has 15 heavy (non-hydrogen) atoms. The molecule has 0 bridgehead atoms. The van der Waals surface area contributed by atoms with Crippen LogP contribution in [-0.2, 0) is 11.2 Å². The molecule has 0 radical (unpaired) electrons. The zero-order valence-electron chi connectivity index (χ0n) is 9.16. The van der Waals surface area contributed by atoms with E-state index >= 15 is 0 Å². The maximum Gasteiger partial charge on any atom is 0.241 e. The fourth-order valence-electron chi connectivity index (χ4n) is 1.67. The van der Waals surface area contributed by atoms with E-state index in [4.69, 9.17) is 11.6 Å². The predicted molar refractivity (Wildman–Crippen MR) is 64.6 cm³/mol. The highest BCUT2D eigenvalue weighted by Gasteiger charge is 2.22. The zero-order chi connectivity index (χ0) is 11.3. The average Bonchev–Trinajstić information content (AvgIpc) is 2.74. The van der Waals surface area contributed by atoms with Crippen LogP contribution in [0.5, 0.6) is 0 Å². The monoisotopic (exact) mass is 225 g/mol. The molecule has 1 aromatic rings. The molecule has 82 valence electrons. The fraction of sp³-hybridized carbons (Fsp3) is 0.417. The van der Waals surface area contributed by atoms with Crippen LogP contribution in [0, 0.1) is 0 Å². The van der Waals surface area contributed by atoms with Crippen LogP contribution in [0.1, 0.15) is 19.4 Å². The number of hydrogen-bond acceptors (Lipinski definition) is 1. The van der Waals surface area contributed by atoms with E-state index in [2.05, 4.69) is 6.07 Å². The summed E-state index contributed by atoms with van der Waals surface area (Å²) in [4.78, 5) is 13.1. The van der Waals surface area contributed by atoms with E-state index in [1.807, 2.05) is 32.0 Å². The number of alkyl halides is 1. The first kappa shape index (κ1) is 12.1. The van der Waals surface area contributed by atoms with Crippen molar-refractivity contribution >= 4 is 23.2 Å². The zero-order valence-corrected chi connectivity index (χ0v) is 9.92. The summed E-state index contributed by atoms with van der Waals surface area (Å²) < 4.78 is 0. The Labute approximate surface area is 95.8 Å². The highest BCUT2D eigenvalue weighted by atomic mass is 35.5. The third kappa shape index (κ3) is 2.51. The van der Waals surface area contributed by atoms with E-state index in [-0.39, 0.29) is 11.8 Å². The van der Waals surface area contributed by atoms with Gasteiger partial charge in [-0.3, -0.25) is 4.79 Å². The minimum atomic E-state index is -0.00776. The van der Waals surface area contributed by atoms with Gasteiger partial charge in [-0.05, 0) is 18.1 Å². The molecule has 1 aromatic carbocycles. The van der Waals surface area contributed by atoms with Gasteiger partial charge < -0.3 is 4.90 Å². The molecule has 0 fully saturated rings. The number of amides is 1. The normalized spacial score (nSPS) is 12.9. The first-order chi connectivity index (χ1) is 7.33. The van der Waals surface area contributed by atoms with Crippen molar-refractivity contribution in [2.45, 2.75) is 20.3 Å². The molecule has 0 atom stereocenters. The number of anilines is 1. The van der Waals surface area contributed by atoms with Gasteiger partial charge in [0.15, 0.2) is 0 Å². The second kappa shape index (κ2) is 5.76. The molecule has 1 heterocycles. The number of halogens is 1. The van der Waals surface area contributed by atoms with Crippen LogP contribution >= 0.6 is 11.6 Å². The number of fused-ring (bicyclic) bond motifs is 1. The predicted octanol–water partition coefficient (Wildman–Crippen LogP) is 2.84. The van der Waals surface area contributed by atoms with Crippen molar-refractivity contribution in [2.75, 3.05) is 17.3 Å². The highest BCUT2D eigenvalue weighted by molar-refractivity contribution is 6.29. The number of carbonyl (C=O) groups is 1. The molecule has 0 saturated heterocycles. The van der Waals surface area contributed by atoms with Crippen LogP contribution in [-0.4, -0.2) is 18.3 Å². The third-order valence-corrected chi connectivity index (χ3v) is 2.53. The summed E-state index contributed by atoms with van der Waals surface area (Å²) in [5.74, 6) is 0.0561. The lowest BCUT2D eigenvalue weighted by Gasteiger charge is -2.15. The van der Waals surface area contributed by atoms with Crippen LogP contribution in [0.25, 0.3) is 0 Å². The summed E-state index contributed by atoms with van der Waals surface area (Å²) in [6.07, 6.45) is 0.943. The van der Waals surface area contributed by atoms with Crippen LogP contribution in [0.4, 0.5) is 5.69 Å². The second-order valence-electron chi connectivity index (χ2n) is 3.06. The fourth-order valence-corrected chi connectivity index (χ4v) is 1.81. The van der Waals surface area contributed by atoms with Crippen molar-refractivity contribution in [3.63, 3.8) is 0 Å². The van der Waals surface area contributed by atoms with Gasteiger partial charge in [-0.1, -0.05) is 32.0 Å². The molecule has 0 aromatic heterocycles. The van der Waals surface area contributed by atoms with Crippen molar-refractivity contribution in [1.82, 2.24) is 0 Å². The summed E-state index contributed by atoms with van der Waals surface area (Å²) in [5, 5.41) is 0. The lowest BCUT2D eigenvalue weighted by Crippen LogP contribution is -2.29. The molecule has 1 amide bonds. The van der Waals surface area contributed by atoms with Gasteiger partial charge in [-0.2, -0.15) is 0 Å². The van der Waals surface area contributed by atoms with E-state index in [0.717, 1.165) is 18.7 Å². The van der Waals surface area contributed by atoms with Crippen molar-refractivity contribution < 1.29 is 4.79 Å². The van der Waals surface area contributed by atoms with Crippen LogP contribution in [0.3, 0.4) is 0 Å². The molecule has 0 spiro atoms.